The SMILES string of the molecule is CCc1ccc(OC)c(C(=S)Nc2nc(C(C)(CC)C(C)(C)C)ns2)c1. The Morgan fingerprint density at radius 2 is 1.92 bits per heavy atom. The van der Waals surface area contributed by atoms with E-state index in [4.69, 9.17) is 21.9 Å². The van der Waals surface area contributed by atoms with Gasteiger partial charge in [0.15, 0.2) is 5.82 Å². The Labute approximate surface area is 166 Å². The molecule has 0 fully saturated rings. The maximum absolute atomic E-state index is 5.62. The smallest absolute Gasteiger partial charge is 0.207 e. The first-order valence-electron chi connectivity index (χ1n) is 8.98. The minimum Gasteiger partial charge on any atom is -0.496 e. The van der Waals surface area contributed by atoms with Gasteiger partial charge in [-0.3, -0.25) is 0 Å². The summed E-state index contributed by atoms with van der Waals surface area (Å²) in [6.07, 6.45) is 1.92. The molecule has 1 heterocycles. The van der Waals surface area contributed by atoms with Crippen LogP contribution in [0.15, 0.2) is 18.2 Å². The molecule has 1 N–H and O–H groups in total. The van der Waals surface area contributed by atoms with Crippen LogP contribution >= 0.6 is 23.8 Å². The standard InChI is InChI=1S/C20H29N3OS2/c1-8-13-10-11-15(24-7)14(12-13)16(25)21-18-22-17(23-26-18)20(6,9-2)19(3,4)5/h10-12H,8-9H2,1-7H3,(H,21,22,23,25). The third-order valence-electron chi connectivity index (χ3n) is 5.42. The number of hydrogen-bond donors (Lipinski definition) is 1. The second kappa shape index (κ2) is 8.01. The Morgan fingerprint density at radius 3 is 2.46 bits per heavy atom. The van der Waals surface area contributed by atoms with Crippen LogP contribution in [0.2, 0.25) is 0 Å². The second-order valence-electron chi connectivity index (χ2n) is 7.70. The summed E-state index contributed by atoms with van der Waals surface area (Å²) < 4.78 is 10.1. The Kier molecular flexibility index (Phi) is 6.40. The quantitative estimate of drug-likeness (QED) is 0.649. The Balaban J connectivity index is 2.28. The van der Waals surface area contributed by atoms with E-state index in [0.717, 1.165) is 35.1 Å². The predicted molar refractivity (Wildman–Crippen MR) is 115 cm³/mol. The van der Waals surface area contributed by atoms with Crippen LogP contribution in [0.3, 0.4) is 0 Å². The van der Waals surface area contributed by atoms with Gasteiger partial charge in [0, 0.05) is 16.9 Å². The van der Waals surface area contributed by atoms with Crippen molar-refractivity contribution in [3.8, 4) is 5.75 Å². The maximum Gasteiger partial charge on any atom is 0.207 e. The summed E-state index contributed by atoms with van der Waals surface area (Å²) in [5.74, 6) is 1.63. The molecule has 1 atom stereocenters. The van der Waals surface area contributed by atoms with E-state index in [1.807, 2.05) is 6.07 Å². The highest BCUT2D eigenvalue weighted by atomic mass is 32.1. The summed E-state index contributed by atoms with van der Waals surface area (Å²) in [6.45, 7) is 13.2. The number of methoxy groups -OCH3 is 1. The largest absolute Gasteiger partial charge is 0.496 e. The van der Waals surface area contributed by atoms with E-state index in [0.29, 0.717) is 4.99 Å². The van der Waals surface area contributed by atoms with Crippen molar-refractivity contribution in [2.45, 2.75) is 59.8 Å². The number of thiocarbonyl (C=S) groups is 1. The Hall–Kier alpha value is -1.53. The fourth-order valence-electron chi connectivity index (χ4n) is 2.84. The Morgan fingerprint density at radius 1 is 1.23 bits per heavy atom. The van der Waals surface area contributed by atoms with Gasteiger partial charge in [-0.1, -0.05) is 59.8 Å². The molecule has 0 spiro atoms. The van der Waals surface area contributed by atoms with Gasteiger partial charge in [-0.15, -0.1) is 0 Å². The number of nitrogens with zero attached hydrogens (tertiary/aromatic N) is 2. The molecule has 0 amide bonds. The van der Waals surface area contributed by atoms with Gasteiger partial charge in [-0.25, -0.2) is 4.98 Å². The lowest BCUT2D eigenvalue weighted by Crippen LogP contribution is -2.37. The van der Waals surface area contributed by atoms with Crippen molar-refractivity contribution in [2.24, 2.45) is 5.41 Å². The molecule has 1 unspecified atom stereocenters. The predicted octanol–water partition coefficient (Wildman–Crippen LogP) is 5.61. The molecule has 2 rings (SSSR count). The van der Waals surface area contributed by atoms with E-state index in [9.17, 15) is 0 Å². The molecule has 1 aromatic carbocycles. The maximum atomic E-state index is 5.62. The molecule has 0 aliphatic heterocycles. The number of aryl methyl sites for hydroxylation is 1. The van der Waals surface area contributed by atoms with Crippen LogP contribution < -0.4 is 10.1 Å². The first kappa shape index (κ1) is 20.8. The molecule has 2 aromatic rings. The van der Waals surface area contributed by atoms with Crippen LogP contribution in [0.4, 0.5) is 5.13 Å². The van der Waals surface area contributed by atoms with Crippen LogP contribution in [-0.4, -0.2) is 21.5 Å². The van der Waals surface area contributed by atoms with Gasteiger partial charge in [0.1, 0.15) is 10.7 Å². The minimum atomic E-state index is -0.0924. The van der Waals surface area contributed by atoms with Crippen molar-refractivity contribution in [1.29, 1.82) is 0 Å². The van der Waals surface area contributed by atoms with Crippen molar-refractivity contribution in [3.05, 3.63) is 35.2 Å². The molecule has 0 radical (unpaired) electrons. The number of nitrogens with one attached hydrogen (secondary N) is 1. The molecule has 0 bridgehead atoms. The van der Waals surface area contributed by atoms with Gasteiger partial charge in [0.2, 0.25) is 5.13 Å². The zero-order valence-electron chi connectivity index (χ0n) is 16.8. The van der Waals surface area contributed by atoms with E-state index in [-0.39, 0.29) is 10.8 Å². The highest BCUT2D eigenvalue weighted by Crippen LogP contribution is 2.43. The van der Waals surface area contributed by atoms with Gasteiger partial charge in [0.05, 0.1) is 12.7 Å². The van der Waals surface area contributed by atoms with E-state index < -0.39 is 0 Å². The number of benzene rings is 1. The number of rotatable bonds is 6. The van der Waals surface area contributed by atoms with E-state index >= 15 is 0 Å². The lowest BCUT2D eigenvalue weighted by molar-refractivity contribution is 0.186. The number of anilines is 1. The average molecular weight is 392 g/mol. The topological polar surface area (TPSA) is 47.0 Å². The highest BCUT2D eigenvalue weighted by molar-refractivity contribution is 7.81. The molecule has 0 saturated carbocycles. The van der Waals surface area contributed by atoms with Gasteiger partial charge in [0.25, 0.3) is 0 Å². The first-order chi connectivity index (χ1) is 12.2. The summed E-state index contributed by atoms with van der Waals surface area (Å²) in [7, 11) is 1.66. The van der Waals surface area contributed by atoms with E-state index in [1.54, 1.807) is 7.11 Å². The zero-order valence-corrected chi connectivity index (χ0v) is 18.4. The lowest BCUT2D eigenvalue weighted by atomic mass is 9.66. The number of aromatic nitrogens is 2. The molecule has 0 aliphatic carbocycles. The average Bonchev–Trinajstić information content (AvgIpc) is 3.08. The molecule has 0 saturated heterocycles. The summed E-state index contributed by atoms with van der Waals surface area (Å²) in [6, 6.07) is 6.09. The molecule has 142 valence electrons. The molecule has 1 aromatic heterocycles. The minimum absolute atomic E-state index is 0.0687. The van der Waals surface area contributed by atoms with Crippen LogP contribution in [-0.2, 0) is 11.8 Å². The molecule has 4 nitrogen and oxygen atoms in total. The van der Waals surface area contributed by atoms with Crippen molar-refractivity contribution in [3.63, 3.8) is 0 Å². The van der Waals surface area contributed by atoms with Crippen molar-refractivity contribution < 1.29 is 4.74 Å². The number of hydrogen-bond acceptors (Lipinski definition) is 5. The van der Waals surface area contributed by atoms with Crippen LogP contribution in [0.1, 0.15) is 64.9 Å². The zero-order chi connectivity index (χ0) is 19.5. The van der Waals surface area contributed by atoms with Crippen LogP contribution in [0, 0.1) is 5.41 Å². The molecular weight excluding hydrogens is 362 g/mol. The molecule has 6 heteroatoms. The highest BCUT2D eigenvalue weighted by Gasteiger charge is 2.40. The molecule has 26 heavy (non-hydrogen) atoms. The van der Waals surface area contributed by atoms with E-state index in [1.165, 1.54) is 17.1 Å². The fraction of sp³-hybridized carbons (Fsp3) is 0.550. The van der Waals surface area contributed by atoms with Crippen molar-refractivity contribution >= 4 is 33.9 Å². The lowest BCUT2D eigenvalue weighted by Gasteiger charge is -2.39. The van der Waals surface area contributed by atoms with Gasteiger partial charge in [-0.05, 0) is 36.0 Å². The second-order valence-corrected chi connectivity index (χ2v) is 8.86. The first-order valence-corrected chi connectivity index (χ1v) is 10.2. The third-order valence-corrected chi connectivity index (χ3v) is 6.37. The summed E-state index contributed by atoms with van der Waals surface area (Å²) in [5.41, 5.74) is 2.08. The number of ether oxygens (including phenoxy) is 1. The van der Waals surface area contributed by atoms with E-state index in [2.05, 4.69) is 63.4 Å². The normalized spacial score (nSPS) is 14.0. The summed E-state index contributed by atoms with van der Waals surface area (Å²) >= 11 is 6.97. The summed E-state index contributed by atoms with van der Waals surface area (Å²) in [5, 5.41) is 3.97. The third kappa shape index (κ3) is 4.07. The molecule has 0 aliphatic rings. The molecular formula is C20H29N3OS2. The van der Waals surface area contributed by atoms with Gasteiger partial charge < -0.3 is 10.1 Å². The van der Waals surface area contributed by atoms with Crippen LogP contribution in [0.5, 0.6) is 5.75 Å². The summed E-state index contributed by atoms with van der Waals surface area (Å²) in [4.78, 5) is 5.36. The monoisotopic (exact) mass is 391 g/mol. The van der Waals surface area contributed by atoms with Gasteiger partial charge >= 0.3 is 0 Å². The van der Waals surface area contributed by atoms with Crippen molar-refractivity contribution in [2.75, 3.05) is 12.4 Å². The fourth-order valence-corrected chi connectivity index (χ4v) is 3.85. The Bertz CT molecular complexity index is 780. The van der Waals surface area contributed by atoms with Crippen LogP contribution in [0.25, 0.3) is 0 Å². The van der Waals surface area contributed by atoms with Gasteiger partial charge in [-0.2, -0.15) is 4.37 Å². The van der Waals surface area contributed by atoms with Crippen molar-refractivity contribution in [1.82, 2.24) is 9.36 Å².